The van der Waals surface area contributed by atoms with Crippen LogP contribution in [-0.2, 0) is 0 Å². The number of thioether (sulfide) groups is 1. The summed E-state index contributed by atoms with van der Waals surface area (Å²) in [6.07, 6.45) is 7.67. The summed E-state index contributed by atoms with van der Waals surface area (Å²) in [6.45, 7) is 0. The number of aromatic nitrogens is 2. The number of hydrogen-bond acceptors (Lipinski definition) is 4. The van der Waals surface area contributed by atoms with Gasteiger partial charge < -0.3 is 15.0 Å². The van der Waals surface area contributed by atoms with Crippen LogP contribution in [0.4, 0.5) is 19.0 Å². The van der Waals surface area contributed by atoms with Gasteiger partial charge in [-0.3, -0.25) is 0 Å². The van der Waals surface area contributed by atoms with Gasteiger partial charge in [0.2, 0.25) is 0 Å². The van der Waals surface area contributed by atoms with Crippen LogP contribution in [0.1, 0.15) is 25.7 Å². The molecule has 2 N–H and O–H groups in total. The Morgan fingerprint density at radius 2 is 2.08 bits per heavy atom. The highest BCUT2D eigenvalue weighted by molar-refractivity contribution is 14.1. The molecule has 24 heavy (non-hydrogen) atoms. The molecule has 0 amide bonds. The second-order valence-corrected chi connectivity index (χ2v) is 8.47. The van der Waals surface area contributed by atoms with Crippen molar-refractivity contribution in [2.24, 2.45) is 0 Å². The number of hydrogen-bond donors (Lipinski definition) is 2. The van der Waals surface area contributed by atoms with Gasteiger partial charge in [0.15, 0.2) is 5.82 Å². The fraction of sp³-hybridized carbons (Fsp3) is 0.533. The van der Waals surface area contributed by atoms with E-state index in [4.69, 9.17) is 0 Å². The van der Waals surface area contributed by atoms with Crippen molar-refractivity contribution in [3.63, 3.8) is 0 Å². The molecule has 0 radical (unpaired) electrons. The van der Waals surface area contributed by atoms with Crippen molar-refractivity contribution in [2.45, 2.75) is 54.3 Å². The van der Waals surface area contributed by atoms with Crippen LogP contribution in [0.15, 0.2) is 23.5 Å². The molecule has 0 aliphatic carbocycles. The molecular formula is C15H16F3IN4S. The highest BCUT2D eigenvalue weighted by atomic mass is 127. The van der Waals surface area contributed by atoms with Crippen molar-refractivity contribution < 1.29 is 13.2 Å². The monoisotopic (exact) mass is 468 g/mol. The summed E-state index contributed by atoms with van der Waals surface area (Å²) in [5.74, 6) is 0.654. The maximum absolute atomic E-state index is 12.8. The van der Waals surface area contributed by atoms with E-state index in [9.17, 15) is 13.2 Å². The van der Waals surface area contributed by atoms with Crippen molar-refractivity contribution in [1.29, 1.82) is 0 Å². The van der Waals surface area contributed by atoms with E-state index in [2.05, 4.69) is 15.6 Å². The molecule has 2 aromatic heterocycles. The van der Waals surface area contributed by atoms with Gasteiger partial charge in [0.25, 0.3) is 0 Å². The second-order valence-electron chi connectivity index (χ2n) is 6.25. The Morgan fingerprint density at radius 1 is 1.29 bits per heavy atom. The topological polar surface area (TPSA) is 41.4 Å². The predicted octanol–water partition coefficient (Wildman–Crippen LogP) is 4.25. The first-order valence-corrected chi connectivity index (χ1v) is 9.74. The Morgan fingerprint density at radius 3 is 2.88 bits per heavy atom. The Labute approximate surface area is 155 Å². The van der Waals surface area contributed by atoms with Crippen molar-refractivity contribution >= 4 is 45.7 Å². The van der Waals surface area contributed by atoms with Crippen LogP contribution >= 0.6 is 34.4 Å². The molecule has 2 saturated heterocycles. The fourth-order valence-corrected chi connectivity index (χ4v) is 5.21. The zero-order valence-corrected chi connectivity index (χ0v) is 15.6. The number of fused-ring (bicyclic) bond motifs is 3. The van der Waals surface area contributed by atoms with Crippen molar-refractivity contribution in [2.75, 3.05) is 5.32 Å². The maximum Gasteiger partial charge on any atom is 0.447 e. The van der Waals surface area contributed by atoms with Crippen LogP contribution in [0, 0.1) is 3.57 Å². The molecule has 0 spiro atoms. The second kappa shape index (κ2) is 6.24. The summed E-state index contributed by atoms with van der Waals surface area (Å²) in [5.41, 5.74) is -3.62. The van der Waals surface area contributed by atoms with Gasteiger partial charge in [-0.15, -0.1) is 0 Å². The maximum atomic E-state index is 12.8. The van der Waals surface area contributed by atoms with Crippen molar-refractivity contribution in [1.82, 2.24) is 14.7 Å². The van der Waals surface area contributed by atoms with Crippen LogP contribution < -0.4 is 10.6 Å². The largest absolute Gasteiger partial charge is 0.447 e. The van der Waals surface area contributed by atoms with Crippen molar-refractivity contribution in [3.8, 4) is 0 Å². The van der Waals surface area contributed by atoms with E-state index in [1.165, 1.54) is 6.42 Å². The number of nitrogens with one attached hydrogen (secondary N) is 2. The summed E-state index contributed by atoms with van der Waals surface area (Å²) in [6, 6.07) is 3.08. The number of piperidine rings is 1. The minimum absolute atomic E-state index is 0.0824. The summed E-state index contributed by atoms with van der Waals surface area (Å²) in [5, 5.41) is 7.26. The minimum Gasteiger partial charge on any atom is -0.364 e. The molecule has 9 heteroatoms. The van der Waals surface area contributed by atoms with Gasteiger partial charge in [-0.05, 0) is 54.3 Å². The van der Waals surface area contributed by atoms with Crippen LogP contribution in [0.5, 0.6) is 0 Å². The van der Waals surface area contributed by atoms with E-state index >= 15 is 0 Å². The molecule has 0 unspecified atom stereocenters. The lowest BCUT2D eigenvalue weighted by Gasteiger charge is -2.31. The lowest BCUT2D eigenvalue weighted by molar-refractivity contribution is -0.0330. The van der Waals surface area contributed by atoms with Gasteiger partial charge in [0.1, 0.15) is 5.03 Å². The zero-order chi connectivity index (χ0) is 16.9. The molecule has 4 rings (SSSR count). The van der Waals surface area contributed by atoms with E-state index in [0.29, 0.717) is 27.0 Å². The summed E-state index contributed by atoms with van der Waals surface area (Å²) >= 11 is 1.87. The van der Waals surface area contributed by atoms with E-state index < -0.39 is 5.51 Å². The minimum atomic E-state index is -4.31. The highest BCUT2D eigenvalue weighted by Gasteiger charge is 2.36. The van der Waals surface area contributed by atoms with E-state index in [0.717, 1.165) is 19.3 Å². The molecule has 2 aliphatic rings. The van der Waals surface area contributed by atoms with Gasteiger partial charge in [0.05, 0.1) is 5.52 Å². The third-order valence-electron chi connectivity index (χ3n) is 4.73. The highest BCUT2D eigenvalue weighted by Crippen LogP contribution is 2.41. The molecule has 3 atom stereocenters. The van der Waals surface area contributed by atoms with Crippen LogP contribution in [0.25, 0.3) is 5.52 Å². The number of nitrogens with zero attached hydrogens (tertiary/aromatic N) is 2. The molecule has 2 fully saturated rings. The first kappa shape index (κ1) is 16.8. The molecule has 130 valence electrons. The quantitative estimate of drug-likeness (QED) is 0.523. The third kappa shape index (κ3) is 3.22. The van der Waals surface area contributed by atoms with E-state index in [-0.39, 0.29) is 22.8 Å². The lowest BCUT2D eigenvalue weighted by atomic mass is 10.00. The number of alkyl halides is 3. The molecule has 2 bridgehead atoms. The summed E-state index contributed by atoms with van der Waals surface area (Å²) in [4.78, 5) is 4.38. The van der Waals surface area contributed by atoms with E-state index in [1.807, 2.05) is 22.6 Å². The Kier molecular flexibility index (Phi) is 4.36. The smallest absolute Gasteiger partial charge is 0.364 e. The number of anilines is 1. The van der Waals surface area contributed by atoms with Crippen LogP contribution in [-0.4, -0.2) is 33.0 Å². The Hall–Kier alpha value is -0.680. The number of rotatable bonds is 3. The standard InChI is InChI=1S/C15H16F3IN4S/c16-15(17,18)24-14-9(19)7-12-13(20-5-6-23(12)14)22-11-4-2-8-1-3-10(11)21-8/h5-8,10-11,21H,1-4H2,(H,20,22)/t8-,10+,11+/m0/s1. The molecular weight excluding hydrogens is 452 g/mol. The molecule has 2 aliphatic heterocycles. The normalized spacial score (nSPS) is 26.9. The molecule has 0 aromatic carbocycles. The first-order valence-electron chi connectivity index (χ1n) is 7.84. The third-order valence-corrected chi connectivity index (χ3v) is 6.76. The van der Waals surface area contributed by atoms with Gasteiger partial charge in [-0.25, -0.2) is 4.98 Å². The van der Waals surface area contributed by atoms with Gasteiger partial charge in [-0.1, -0.05) is 0 Å². The lowest BCUT2D eigenvalue weighted by Crippen LogP contribution is -2.47. The van der Waals surface area contributed by atoms with Gasteiger partial charge >= 0.3 is 5.51 Å². The molecule has 0 saturated carbocycles. The zero-order valence-electron chi connectivity index (χ0n) is 12.6. The molecule has 4 heterocycles. The SMILES string of the molecule is FC(F)(F)Sc1c(I)cc2c(N[C@@H]3CC[C@@H]4CC[C@H]3N4)nccn12. The van der Waals surface area contributed by atoms with Crippen LogP contribution in [0.2, 0.25) is 0 Å². The number of halogens is 4. The van der Waals surface area contributed by atoms with E-state index in [1.54, 1.807) is 22.9 Å². The average Bonchev–Trinajstić information content (AvgIpc) is 3.04. The summed E-state index contributed by atoms with van der Waals surface area (Å²) < 4.78 is 40.6. The predicted molar refractivity (Wildman–Crippen MR) is 96.4 cm³/mol. The molecule has 2 aromatic rings. The Bertz CT molecular complexity index is 763. The van der Waals surface area contributed by atoms with Crippen LogP contribution in [0.3, 0.4) is 0 Å². The molecule has 4 nitrogen and oxygen atoms in total. The average molecular weight is 468 g/mol. The summed E-state index contributed by atoms with van der Waals surface area (Å²) in [7, 11) is 0. The Balaban J connectivity index is 1.65. The van der Waals surface area contributed by atoms with Gasteiger partial charge in [0, 0.05) is 45.9 Å². The fourth-order valence-electron chi connectivity index (χ4n) is 3.69. The van der Waals surface area contributed by atoms with Crippen molar-refractivity contribution in [3.05, 3.63) is 22.0 Å². The van der Waals surface area contributed by atoms with Gasteiger partial charge in [-0.2, -0.15) is 13.2 Å². The first-order chi connectivity index (χ1) is 11.4.